The van der Waals surface area contributed by atoms with Gasteiger partial charge in [-0.05, 0) is 32.2 Å². The SMILES string of the molecule is CCNc1ncnc(N(C)C(C)Cc2cccs2)c1C. The molecule has 0 bridgehead atoms. The minimum atomic E-state index is 0.400. The van der Waals surface area contributed by atoms with Crippen molar-refractivity contribution in [2.75, 3.05) is 23.8 Å². The van der Waals surface area contributed by atoms with Crippen LogP contribution in [0.3, 0.4) is 0 Å². The molecule has 1 unspecified atom stereocenters. The number of rotatable bonds is 6. The quantitative estimate of drug-likeness (QED) is 0.886. The number of nitrogens with zero attached hydrogens (tertiary/aromatic N) is 3. The number of aromatic nitrogens is 2. The topological polar surface area (TPSA) is 41.1 Å². The van der Waals surface area contributed by atoms with E-state index in [0.717, 1.165) is 30.2 Å². The van der Waals surface area contributed by atoms with Crippen molar-refractivity contribution in [1.82, 2.24) is 9.97 Å². The van der Waals surface area contributed by atoms with Crippen LogP contribution in [0.5, 0.6) is 0 Å². The molecule has 0 saturated carbocycles. The average Bonchev–Trinajstić information content (AvgIpc) is 2.93. The van der Waals surface area contributed by atoms with Crippen LogP contribution >= 0.6 is 11.3 Å². The number of anilines is 2. The van der Waals surface area contributed by atoms with Crippen molar-refractivity contribution in [2.24, 2.45) is 0 Å². The fourth-order valence-electron chi connectivity index (χ4n) is 2.21. The number of thiophene rings is 1. The van der Waals surface area contributed by atoms with E-state index in [1.54, 1.807) is 6.33 Å². The van der Waals surface area contributed by atoms with Gasteiger partial charge in [0.15, 0.2) is 0 Å². The number of nitrogens with one attached hydrogen (secondary N) is 1. The van der Waals surface area contributed by atoms with E-state index in [0.29, 0.717) is 6.04 Å². The molecule has 0 saturated heterocycles. The lowest BCUT2D eigenvalue weighted by Gasteiger charge is -2.27. The van der Waals surface area contributed by atoms with Crippen molar-refractivity contribution >= 4 is 23.0 Å². The molecule has 0 aliphatic rings. The molecular formula is C15H22N4S. The lowest BCUT2D eigenvalue weighted by molar-refractivity contribution is 0.677. The first kappa shape index (κ1) is 14.8. The second-order valence-corrected chi connectivity index (χ2v) is 5.98. The van der Waals surface area contributed by atoms with E-state index >= 15 is 0 Å². The highest BCUT2D eigenvalue weighted by Crippen LogP contribution is 2.24. The van der Waals surface area contributed by atoms with Gasteiger partial charge in [-0.25, -0.2) is 9.97 Å². The van der Waals surface area contributed by atoms with Crippen LogP contribution in [-0.4, -0.2) is 29.6 Å². The molecule has 0 aliphatic carbocycles. The van der Waals surface area contributed by atoms with Crippen LogP contribution < -0.4 is 10.2 Å². The van der Waals surface area contributed by atoms with Crippen molar-refractivity contribution in [3.63, 3.8) is 0 Å². The number of likely N-dealkylation sites (N-methyl/N-ethyl adjacent to an activating group) is 1. The Balaban J connectivity index is 2.15. The van der Waals surface area contributed by atoms with Gasteiger partial charge in [-0.1, -0.05) is 6.07 Å². The Bertz CT molecular complexity index is 539. The smallest absolute Gasteiger partial charge is 0.137 e. The Labute approximate surface area is 124 Å². The zero-order chi connectivity index (χ0) is 14.5. The fourth-order valence-corrected chi connectivity index (χ4v) is 3.03. The molecule has 4 nitrogen and oxygen atoms in total. The second kappa shape index (κ2) is 6.70. The molecule has 2 rings (SSSR count). The van der Waals surface area contributed by atoms with Gasteiger partial charge in [0.25, 0.3) is 0 Å². The highest BCUT2D eigenvalue weighted by Gasteiger charge is 2.16. The second-order valence-electron chi connectivity index (χ2n) is 4.94. The first-order valence-electron chi connectivity index (χ1n) is 6.94. The maximum Gasteiger partial charge on any atom is 0.137 e. The van der Waals surface area contributed by atoms with Gasteiger partial charge in [-0.15, -0.1) is 11.3 Å². The van der Waals surface area contributed by atoms with Crippen molar-refractivity contribution in [3.05, 3.63) is 34.3 Å². The Morgan fingerprint density at radius 3 is 2.85 bits per heavy atom. The maximum absolute atomic E-state index is 4.45. The van der Waals surface area contributed by atoms with E-state index in [-0.39, 0.29) is 0 Å². The van der Waals surface area contributed by atoms with Gasteiger partial charge in [0.05, 0.1) is 0 Å². The summed E-state index contributed by atoms with van der Waals surface area (Å²) in [6.45, 7) is 7.24. The summed E-state index contributed by atoms with van der Waals surface area (Å²) in [5, 5.41) is 5.41. The van der Waals surface area contributed by atoms with Crippen LogP contribution in [0.1, 0.15) is 24.3 Å². The van der Waals surface area contributed by atoms with Gasteiger partial charge < -0.3 is 10.2 Å². The normalized spacial score (nSPS) is 12.2. The summed E-state index contributed by atoms with van der Waals surface area (Å²) in [6.07, 6.45) is 2.67. The summed E-state index contributed by atoms with van der Waals surface area (Å²) in [4.78, 5) is 12.4. The zero-order valence-electron chi connectivity index (χ0n) is 12.6. The van der Waals surface area contributed by atoms with Crippen LogP contribution in [0, 0.1) is 6.92 Å². The molecule has 0 spiro atoms. The molecule has 5 heteroatoms. The summed E-state index contributed by atoms with van der Waals surface area (Å²) in [7, 11) is 2.10. The Hall–Kier alpha value is -1.62. The van der Waals surface area contributed by atoms with E-state index < -0.39 is 0 Å². The van der Waals surface area contributed by atoms with Crippen LogP contribution in [-0.2, 0) is 6.42 Å². The Kier molecular flexibility index (Phi) is 4.95. The van der Waals surface area contributed by atoms with Crippen LogP contribution in [0.15, 0.2) is 23.8 Å². The monoisotopic (exact) mass is 290 g/mol. The van der Waals surface area contributed by atoms with Gasteiger partial charge >= 0.3 is 0 Å². The van der Waals surface area contributed by atoms with E-state index in [1.807, 2.05) is 11.3 Å². The minimum absolute atomic E-state index is 0.400. The highest BCUT2D eigenvalue weighted by atomic mass is 32.1. The molecule has 0 amide bonds. The molecule has 0 radical (unpaired) electrons. The predicted octanol–water partition coefficient (Wildman–Crippen LogP) is 3.35. The third-order valence-electron chi connectivity index (χ3n) is 3.47. The van der Waals surface area contributed by atoms with Gasteiger partial charge in [0.1, 0.15) is 18.0 Å². The lowest BCUT2D eigenvalue weighted by Crippen LogP contribution is -2.32. The summed E-state index contributed by atoms with van der Waals surface area (Å²) < 4.78 is 0. The van der Waals surface area contributed by atoms with Gasteiger partial charge in [0, 0.05) is 36.5 Å². The molecule has 1 N–H and O–H groups in total. The largest absolute Gasteiger partial charge is 0.370 e. The van der Waals surface area contributed by atoms with Crippen molar-refractivity contribution in [2.45, 2.75) is 33.2 Å². The standard InChI is InChI=1S/C15H22N4S/c1-5-16-14-12(3)15(18-10-17-14)19(4)11(2)9-13-7-6-8-20-13/h6-8,10-11H,5,9H2,1-4H3,(H,16,17,18). The van der Waals surface area contributed by atoms with Crippen LogP contribution in [0.25, 0.3) is 0 Å². The van der Waals surface area contributed by atoms with Crippen molar-refractivity contribution < 1.29 is 0 Å². The Morgan fingerprint density at radius 1 is 1.40 bits per heavy atom. The number of hydrogen-bond acceptors (Lipinski definition) is 5. The van der Waals surface area contributed by atoms with E-state index in [1.165, 1.54) is 4.88 Å². The van der Waals surface area contributed by atoms with Crippen molar-refractivity contribution in [1.29, 1.82) is 0 Å². The zero-order valence-corrected chi connectivity index (χ0v) is 13.4. The molecule has 0 aliphatic heterocycles. The highest BCUT2D eigenvalue weighted by molar-refractivity contribution is 7.09. The molecule has 108 valence electrons. The van der Waals surface area contributed by atoms with Gasteiger partial charge in [0.2, 0.25) is 0 Å². The van der Waals surface area contributed by atoms with Crippen molar-refractivity contribution in [3.8, 4) is 0 Å². The van der Waals surface area contributed by atoms with Crippen LogP contribution in [0.2, 0.25) is 0 Å². The summed E-state index contributed by atoms with van der Waals surface area (Å²) in [6, 6.07) is 4.69. The average molecular weight is 290 g/mol. The van der Waals surface area contributed by atoms with Gasteiger partial charge in [-0.2, -0.15) is 0 Å². The van der Waals surface area contributed by atoms with Crippen LogP contribution in [0.4, 0.5) is 11.6 Å². The Morgan fingerprint density at radius 2 is 2.20 bits per heavy atom. The molecule has 2 aromatic rings. The first-order valence-corrected chi connectivity index (χ1v) is 7.82. The molecule has 0 aromatic carbocycles. The summed E-state index contributed by atoms with van der Waals surface area (Å²) in [5.41, 5.74) is 1.11. The third kappa shape index (κ3) is 3.28. The first-order chi connectivity index (χ1) is 9.63. The molecule has 2 aromatic heterocycles. The van der Waals surface area contributed by atoms with E-state index in [4.69, 9.17) is 0 Å². The van der Waals surface area contributed by atoms with Gasteiger partial charge in [-0.3, -0.25) is 0 Å². The molecule has 20 heavy (non-hydrogen) atoms. The maximum atomic E-state index is 4.45. The van der Waals surface area contributed by atoms with E-state index in [9.17, 15) is 0 Å². The molecule has 2 heterocycles. The minimum Gasteiger partial charge on any atom is -0.370 e. The summed E-state index contributed by atoms with van der Waals surface area (Å²) in [5.74, 6) is 1.92. The fraction of sp³-hybridized carbons (Fsp3) is 0.467. The predicted molar refractivity (Wildman–Crippen MR) is 86.8 cm³/mol. The van der Waals surface area contributed by atoms with E-state index in [2.05, 4.69) is 65.5 Å². The molecule has 1 atom stereocenters. The summed E-state index contributed by atoms with van der Waals surface area (Å²) >= 11 is 1.81. The molecular weight excluding hydrogens is 268 g/mol. The number of hydrogen-bond donors (Lipinski definition) is 1. The third-order valence-corrected chi connectivity index (χ3v) is 4.37. The molecule has 0 fully saturated rings. The lowest BCUT2D eigenvalue weighted by atomic mass is 10.1.